The SMILES string of the molecule is CCCC1(C(=O)Nc2cccnc2OC)CCNCC1. The third-order valence-corrected chi connectivity index (χ3v) is 3.98. The van der Waals surface area contributed by atoms with Crippen LogP contribution in [0.2, 0.25) is 0 Å². The summed E-state index contributed by atoms with van der Waals surface area (Å²) in [7, 11) is 1.56. The summed E-state index contributed by atoms with van der Waals surface area (Å²) in [5.74, 6) is 0.550. The van der Waals surface area contributed by atoms with Crippen LogP contribution in [0.25, 0.3) is 0 Å². The molecule has 110 valence electrons. The van der Waals surface area contributed by atoms with Crippen molar-refractivity contribution in [1.82, 2.24) is 10.3 Å². The van der Waals surface area contributed by atoms with Crippen molar-refractivity contribution in [2.45, 2.75) is 32.6 Å². The minimum Gasteiger partial charge on any atom is -0.480 e. The Morgan fingerprint density at radius 3 is 2.90 bits per heavy atom. The van der Waals surface area contributed by atoms with Crippen LogP contribution in [0.15, 0.2) is 18.3 Å². The molecule has 0 spiro atoms. The Labute approximate surface area is 120 Å². The van der Waals surface area contributed by atoms with Gasteiger partial charge in [0.25, 0.3) is 0 Å². The normalized spacial score (nSPS) is 17.5. The lowest BCUT2D eigenvalue weighted by Crippen LogP contribution is -2.44. The van der Waals surface area contributed by atoms with Gasteiger partial charge in [-0.05, 0) is 44.5 Å². The van der Waals surface area contributed by atoms with Crippen molar-refractivity contribution >= 4 is 11.6 Å². The van der Waals surface area contributed by atoms with E-state index in [1.54, 1.807) is 19.4 Å². The molecule has 20 heavy (non-hydrogen) atoms. The smallest absolute Gasteiger partial charge is 0.237 e. The molecule has 1 aromatic rings. The fourth-order valence-electron chi connectivity index (χ4n) is 2.88. The number of rotatable bonds is 5. The molecule has 1 aromatic heterocycles. The molecule has 0 aliphatic carbocycles. The summed E-state index contributed by atoms with van der Waals surface area (Å²) in [5, 5.41) is 6.32. The van der Waals surface area contributed by atoms with Gasteiger partial charge in [0.1, 0.15) is 5.69 Å². The Bertz CT molecular complexity index is 451. The predicted molar refractivity (Wildman–Crippen MR) is 78.9 cm³/mol. The standard InChI is InChI=1S/C15H23N3O2/c1-3-6-15(7-10-16-11-8-15)14(19)18-12-5-4-9-17-13(12)20-2/h4-5,9,16H,3,6-8,10-11H2,1-2H3,(H,18,19). The van der Waals surface area contributed by atoms with Gasteiger partial charge in [0.2, 0.25) is 11.8 Å². The summed E-state index contributed by atoms with van der Waals surface area (Å²) in [5.41, 5.74) is 0.384. The fourth-order valence-corrected chi connectivity index (χ4v) is 2.88. The first-order valence-corrected chi connectivity index (χ1v) is 7.23. The number of nitrogens with zero attached hydrogens (tertiary/aromatic N) is 1. The zero-order valence-corrected chi connectivity index (χ0v) is 12.2. The molecule has 2 rings (SSSR count). The largest absolute Gasteiger partial charge is 0.480 e. The van der Waals surface area contributed by atoms with Gasteiger partial charge in [-0.1, -0.05) is 13.3 Å². The molecule has 0 saturated carbocycles. The number of ether oxygens (including phenoxy) is 1. The first kappa shape index (κ1) is 14.8. The van der Waals surface area contributed by atoms with Crippen LogP contribution in [0.5, 0.6) is 5.88 Å². The average molecular weight is 277 g/mol. The number of carbonyl (C=O) groups excluding carboxylic acids is 1. The first-order valence-electron chi connectivity index (χ1n) is 7.23. The highest BCUT2D eigenvalue weighted by Crippen LogP contribution is 2.36. The monoisotopic (exact) mass is 277 g/mol. The van der Waals surface area contributed by atoms with E-state index >= 15 is 0 Å². The molecular weight excluding hydrogens is 254 g/mol. The Morgan fingerprint density at radius 1 is 1.50 bits per heavy atom. The summed E-state index contributed by atoms with van der Waals surface area (Å²) in [6.45, 7) is 3.93. The Balaban J connectivity index is 2.16. The van der Waals surface area contributed by atoms with Crippen LogP contribution in [-0.4, -0.2) is 31.1 Å². The maximum atomic E-state index is 12.7. The summed E-state index contributed by atoms with van der Waals surface area (Å²) in [6.07, 6.45) is 5.35. The Hall–Kier alpha value is -1.62. The number of hydrogen-bond acceptors (Lipinski definition) is 4. The fraction of sp³-hybridized carbons (Fsp3) is 0.600. The second-order valence-electron chi connectivity index (χ2n) is 5.29. The van der Waals surface area contributed by atoms with Crippen molar-refractivity contribution in [2.24, 2.45) is 5.41 Å². The quantitative estimate of drug-likeness (QED) is 0.866. The predicted octanol–water partition coefficient (Wildman–Crippen LogP) is 2.20. The van der Waals surface area contributed by atoms with Crippen molar-refractivity contribution in [3.63, 3.8) is 0 Å². The van der Waals surface area contributed by atoms with Crippen LogP contribution in [0.4, 0.5) is 5.69 Å². The lowest BCUT2D eigenvalue weighted by molar-refractivity contribution is -0.127. The summed E-state index contributed by atoms with van der Waals surface area (Å²) in [6, 6.07) is 3.62. The van der Waals surface area contributed by atoms with Gasteiger partial charge < -0.3 is 15.4 Å². The van der Waals surface area contributed by atoms with E-state index in [9.17, 15) is 4.79 Å². The molecule has 0 unspecified atom stereocenters. The topological polar surface area (TPSA) is 63.2 Å². The number of amides is 1. The minimum absolute atomic E-state index is 0.0900. The molecule has 0 radical (unpaired) electrons. The van der Waals surface area contributed by atoms with Crippen molar-refractivity contribution in [3.05, 3.63) is 18.3 Å². The van der Waals surface area contributed by atoms with Gasteiger partial charge in [-0.3, -0.25) is 4.79 Å². The zero-order chi connectivity index (χ0) is 14.4. The van der Waals surface area contributed by atoms with Crippen LogP contribution < -0.4 is 15.4 Å². The molecule has 0 bridgehead atoms. The summed E-state index contributed by atoms with van der Waals surface area (Å²) >= 11 is 0. The zero-order valence-electron chi connectivity index (χ0n) is 12.2. The molecule has 1 aliphatic rings. The van der Waals surface area contributed by atoms with Crippen LogP contribution >= 0.6 is 0 Å². The molecule has 5 nitrogen and oxygen atoms in total. The highest BCUT2D eigenvalue weighted by molar-refractivity contribution is 5.96. The molecule has 0 atom stereocenters. The minimum atomic E-state index is -0.263. The number of piperidine rings is 1. The number of carbonyl (C=O) groups is 1. The molecule has 2 heterocycles. The van der Waals surface area contributed by atoms with Gasteiger partial charge in [-0.25, -0.2) is 4.98 Å². The van der Waals surface area contributed by atoms with E-state index in [2.05, 4.69) is 22.5 Å². The van der Waals surface area contributed by atoms with Crippen LogP contribution in [0, 0.1) is 5.41 Å². The molecule has 1 amide bonds. The molecule has 1 fully saturated rings. The second kappa shape index (κ2) is 6.70. The first-order chi connectivity index (χ1) is 9.72. The van der Waals surface area contributed by atoms with Gasteiger partial charge in [0.05, 0.1) is 12.5 Å². The number of aromatic nitrogens is 1. The summed E-state index contributed by atoms with van der Waals surface area (Å²) < 4.78 is 5.19. The van der Waals surface area contributed by atoms with Crippen molar-refractivity contribution < 1.29 is 9.53 Å². The number of hydrogen-bond donors (Lipinski definition) is 2. The van der Waals surface area contributed by atoms with E-state index in [4.69, 9.17) is 4.74 Å². The van der Waals surface area contributed by atoms with E-state index in [0.717, 1.165) is 38.8 Å². The van der Waals surface area contributed by atoms with Gasteiger partial charge >= 0.3 is 0 Å². The van der Waals surface area contributed by atoms with E-state index in [1.165, 1.54) is 0 Å². The maximum Gasteiger partial charge on any atom is 0.237 e. The van der Waals surface area contributed by atoms with Crippen molar-refractivity contribution in [2.75, 3.05) is 25.5 Å². The summed E-state index contributed by atoms with van der Waals surface area (Å²) in [4.78, 5) is 16.8. The molecule has 0 aromatic carbocycles. The number of methoxy groups -OCH3 is 1. The average Bonchev–Trinajstić information content (AvgIpc) is 2.49. The van der Waals surface area contributed by atoms with Crippen LogP contribution in [0.1, 0.15) is 32.6 Å². The van der Waals surface area contributed by atoms with E-state index in [0.29, 0.717) is 11.6 Å². The van der Waals surface area contributed by atoms with Gasteiger partial charge in [-0.15, -0.1) is 0 Å². The third-order valence-electron chi connectivity index (χ3n) is 3.98. The van der Waals surface area contributed by atoms with Crippen LogP contribution in [-0.2, 0) is 4.79 Å². The second-order valence-corrected chi connectivity index (χ2v) is 5.29. The molecular formula is C15H23N3O2. The van der Waals surface area contributed by atoms with E-state index in [1.807, 2.05) is 6.07 Å². The Kier molecular flexibility index (Phi) is 4.95. The van der Waals surface area contributed by atoms with Gasteiger partial charge in [0, 0.05) is 6.20 Å². The van der Waals surface area contributed by atoms with Crippen molar-refractivity contribution in [3.8, 4) is 5.88 Å². The molecule has 1 saturated heterocycles. The van der Waals surface area contributed by atoms with Crippen molar-refractivity contribution in [1.29, 1.82) is 0 Å². The van der Waals surface area contributed by atoms with E-state index in [-0.39, 0.29) is 11.3 Å². The molecule has 2 N–H and O–H groups in total. The third kappa shape index (κ3) is 3.10. The molecule has 5 heteroatoms. The van der Waals surface area contributed by atoms with Gasteiger partial charge in [0.15, 0.2) is 0 Å². The maximum absolute atomic E-state index is 12.7. The lowest BCUT2D eigenvalue weighted by Gasteiger charge is -2.36. The number of pyridine rings is 1. The van der Waals surface area contributed by atoms with E-state index < -0.39 is 0 Å². The number of nitrogens with one attached hydrogen (secondary N) is 2. The lowest BCUT2D eigenvalue weighted by atomic mass is 9.74. The van der Waals surface area contributed by atoms with Gasteiger partial charge in [-0.2, -0.15) is 0 Å². The van der Waals surface area contributed by atoms with Crippen LogP contribution in [0.3, 0.4) is 0 Å². The Morgan fingerprint density at radius 2 is 2.25 bits per heavy atom. The highest BCUT2D eigenvalue weighted by Gasteiger charge is 2.38. The number of anilines is 1. The highest BCUT2D eigenvalue weighted by atomic mass is 16.5. The molecule has 1 aliphatic heterocycles.